The lowest BCUT2D eigenvalue weighted by atomic mass is 10.1. The predicted molar refractivity (Wildman–Crippen MR) is 97.4 cm³/mol. The zero-order valence-corrected chi connectivity index (χ0v) is 14.6. The first-order valence-corrected chi connectivity index (χ1v) is 8.15. The van der Waals surface area contributed by atoms with E-state index in [0.717, 1.165) is 5.56 Å². The molecule has 8 nitrogen and oxygen atoms in total. The fraction of sp³-hybridized carbons (Fsp3) is 0.211. The molecule has 0 aliphatic rings. The number of carbonyl (C=O) groups is 3. The van der Waals surface area contributed by atoms with Gasteiger partial charge in [-0.2, -0.15) is 0 Å². The van der Waals surface area contributed by atoms with Crippen molar-refractivity contribution in [1.29, 1.82) is 0 Å². The van der Waals surface area contributed by atoms with Gasteiger partial charge < -0.3 is 10.1 Å². The van der Waals surface area contributed by atoms with Crippen LogP contribution in [0.5, 0.6) is 0 Å². The lowest BCUT2D eigenvalue weighted by molar-refractivity contribution is -0.384. The second-order valence-corrected chi connectivity index (χ2v) is 5.80. The monoisotopic (exact) mass is 370 g/mol. The molecule has 0 fully saturated rings. The molecule has 0 spiro atoms. The Morgan fingerprint density at radius 2 is 1.63 bits per heavy atom. The number of nitro groups is 1. The SMILES string of the molecule is Cc1ccc(NC(=O)CCC(=O)OCC(=O)c2ccc([N+](=O)[O-])cc2)cc1. The van der Waals surface area contributed by atoms with Crippen LogP contribution in [-0.4, -0.2) is 29.2 Å². The summed E-state index contributed by atoms with van der Waals surface area (Å²) in [5.74, 6) is -1.50. The third-order valence-corrected chi connectivity index (χ3v) is 3.66. The number of benzene rings is 2. The van der Waals surface area contributed by atoms with Gasteiger partial charge in [0.2, 0.25) is 5.91 Å². The van der Waals surface area contributed by atoms with Crippen LogP contribution in [0.25, 0.3) is 0 Å². The second kappa shape index (κ2) is 9.23. The lowest BCUT2D eigenvalue weighted by Crippen LogP contribution is -2.17. The highest BCUT2D eigenvalue weighted by Gasteiger charge is 2.13. The van der Waals surface area contributed by atoms with E-state index in [1.165, 1.54) is 24.3 Å². The summed E-state index contributed by atoms with van der Waals surface area (Å²) in [6, 6.07) is 12.2. The number of non-ortho nitro benzene ring substituents is 1. The third-order valence-electron chi connectivity index (χ3n) is 3.66. The van der Waals surface area contributed by atoms with Crippen molar-refractivity contribution in [3.8, 4) is 0 Å². The molecule has 0 atom stereocenters. The summed E-state index contributed by atoms with van der Waals surface area (Å²) < 4.78 is 4.85. The molecule has 1 amide bonds. The quantitative estimate of drug-likeness (QED) is 0.330. The summed E-state index contributed by atoms with van der Waals surface area (Å²) >= 11 is 0. The Labute approximate surface area is 155 Å². The zero-order chi connectivity index (χ0) is 19.8. The Bertz CT molecular complexity index is 844. The van der Waals surface area contributed by atoms with Crippen molar-refractivity contribution in [2.75, 3.05) is 11.9 Å². The van der Waals surface area contributed by atoms with Gasteiger partial charge in [-0.1, -0.05) is 17.7 Å². The average molecular weight is 370 g/mol. The molecule has 2 aromatic carbocycles. The van der Waals surface area contributed by atoms with Crippen LogP contribution >= 0.6 is 0 Å². The predicted octanol–water partition coefficient (Wildman–Crippen LogP) is 3.05. The van der Waals surface area contributed by atoms with Gasteiger partial charge in [0.25, 0.3) is 5.69 Å². The highest BCUT2D eigenvalue weighted by molar-refractivity contribution is 5.98. The van der Waals surface area contributed by atoms with Crippen molar-refractivity contribution in [3.05, 3.63) is 69.8 Å². The van der Waals surface area contributed by atoms with Gasteiger partial charge in [-0.3, -0.25) is 24.5 Å². The molecular weight excluding hydrogens is 352 g/mol. The normalized spacial score (nSPS) is 10.1. The van der Waals surface area contributed by atoms with Gasteiger partial charge in [0.15, 0.2) is 12.4 Å². The average Bonchev–Trinajstić information content (AvgIpc) is 2.66. The summed E-state index contributed by atoms with van der Waals surface area (Å²) in [5, 5.41) is 13.2. The molecule has 0 saturated heterocycles. The van der Waals surface area contributed by atoms with E-state index in [9.17, 15) is 24.5 Å². The van der Waals surface area contributed by atoms with Crippen LogP contribution in [0.15, 0.2) is 48.5 Å². The van der Waals surface area contributed by atoms with Crippen molar-refractivity contribution < 1.29 is 24.0 Å². The van der Waals surface area contributed by atoms with E-state index in [4.69, 9.17) is 4.74 Å². The summed E-state index contributed by atoms with van der Waals surface area (Å²) in [5.41, 5.74) is 1.76. The van der Waals surface area contributed by atoms with Crippen molar-refractivity contribution in [1.82, 2.24) is 0 Å². The highest BCUT2D eigenvalue weighted by atomic mass is 16.6. The maximum atomic E-state index is 11.9. The molecule has 0 aliphatic carbocycles. The Morgan fingerprint density at radius 1 is 1.00 bits per heavy atom. The van der Waals surface area contributed by atoms with Crippen LogP contribution in [0.1, 0.15) is 28.8 Å². The maximum absolute atomic E-state index is 11.9. The molecule has 0 aliphatic heterocycles. The number of hydrogen-bond donors (Lipinski definition) is 1. The van der Waals surface area contributed by atoms with Crippen LogP contribution in [-0.2, 0) is 14.3 Å². The molecule has 0 heterocycles. The van der Waals surface area contributed by atoms with Crippen LogP contribution in [0, 0.1) is 17.0 Å². The summed E-state index contributed by atoms with van der Waals surface area (Å²) in [4.78, 5) is 45.4. The lowest BCUT2D eigenvalue weighted by Gasteiger charge is -2.06. The number of ether oxygens (including phenoxy) is 1. The Balaban J connectivity index is 1.73. The van der Waals surface area contributed by atoms with Gasteiger partial charge in [0.05, 0.1) is 11.3 Å². The number of anilines is 1. The number of ketones is 1. The van der Waals surface area contributed by atoms with E-state index in [0.29, 0.717) is 5.69 Å². The first-order chi connectivity index (χ1) is 12.8. The largest absolute Gasteiger partial charge is 0.457 e. The number of aryl methyl sites for hydroxylation is 1. The van der Waals surface area contributed by atoms with E-state index in [1.807, 2.05) is 19.1 Å². The van der Waals surface area contributed by atoms with Crippen LogP contribution in [0.2, 0.25) is 0 Å². The van der Waals surface area contributed by atoms with E-state index in [-0.39, 0.29) is 30.0 Å². The van der Waals surface area contributed by atoms with Gasteiger partial charge in [0, 0.05) is 29.8 Å². The molecule has 1 N–H and O–H groups in total. The van der Waals surface area contributed by atoms with E-state index < -0.39 is 23.3 Å². The van der Waals surface area contributed by atoms with Gasteiger partial charge in [0.1, 0.15) is 0 Å². The molecule has 0 unspecified atom stereocenters. The van der Waals surface area contributed by atoms with Crippen molar-refractivity contribution >= 4 is 29.0 Å². The standard InChI is InChI=1S/C19H18N2O6/c1-13-2-6-15(7-3-13)20-18(23)10-11-19(24)27-12-17(22)14-4-8-16(9-5-14)21(25)26/h2-9H,10-12H2,1H3,(H,20,23). The molecule has 0 aromatic heterocycles. The number of esters is 1. The molecule has 0 bridgehead atoms. The maximum Gasteiger partial charge on any atom is 0.306 e. The van der Waals surface area contributed by atoms with Crippen molar-refractivity contribution in [2.24, 2.45) is 0 Å². The Hall–Kier alpha value is -3.55. The Kier molecular flexibility index (Phi) is 6.76. The van der Waals surface area contributed by atoms with Crippen LogP contribution in [0.4, 0.5) is 11.4 Å². The molecular formula is C19H18N2O6. The third kappa shape index (κ3) is 6.35. The second-order valence-electron chi connectivity index (χ2n) is 5.80. The van der Waals surface area contributed by atoms with E-state index in [1.54, 1.807) is 12.1 Å². The smallest absolute Gasteiger partial charge is 0.306 e. The van der Waals surface area contributed by atoms with Gasteiger partial charge in [-0.05, 0) is 31.2 Å². The summed E-state index contributed by atoms with van der Waals surface area (Å²) in [6.45, 7) is 1.44. The molecule has 0 saturated carbocycles. The molecule has 0 radical (unpaired) electrons. The number of hydrogen-bond acceptors (Lipinski definition) is 6. The first-order valence-electron chi connectivity index (χ1n) is 8.15. The fourth-order valence-electron chi connectivity index (χ4n) is 2.15. The van der Waals surface area contributed by atoms with Crippen LogP contribution < -0.4 is 5.32 Å². The number of Topliss-reactive ketones (excluding diaryl/α,β-unsaturated/α-hetero) is 1. The van der Waals surface area contributed by atoms with E-state index >= 15 is 0 Å². The van der Waals surface area contributed by atoms with Gasteiger partial charge in [-0.25, -0.2) is 0 Å². The zero-order valence-electron chi connectivity index (χ0n) is 14.6. The number of nitrogens with zero attached hydrogens (tertiary/aromatic N) is 1. The topological polar surface area (TPSA) is 116 Å². The van der Waals surface area contributed by atoms with Crippen molar-refractivity contribution in [2.45, 2.75) is 19.8 Å². The summed E-state index contributed by atoms with van der Waals surface area (Å²) in [6.07, 6.45) is -0.232. The van der Waals surface area contributed by atoms with E-state index in [2.05, 4.69) is 5.32 Å². The molecule has 27 heavy (non-hydrogen) atoms. The molecule has 2 rings (SSSR count). The number of nitro benzene ring substituents is 1. The number of carbonyl (C=O) groups excluding carboxylic acids is 3. The number of nitrogens with one attached hydrogen (secondary N) is 1. The molecule has 8 heteroatoms. The van der Waals surface area contributed by atoms with Gasteiger partial charge >= 0.3 is 5.97 Å². The molecule has 2 aromatic rings. The van der Waals surface area contributed by atoms with Gasteiger partial charge in [-0.15, -0.1) is 0 Å². The van der Waals surface area contributed by atoms with Crippen LogP contribution in [0.3, 0.4) is 0 Å². The minimum atomic E-state index is -0.677. The summed E-state index contributed by atoms with van der Waals surface area (Å²) in [7, 11) is 0. The molecule has 140 valence electrons. The number of amides is 1. The van der Waals surface area contributed by atoms with Crippen molar-refractivity contribution in [3.63, 3.8) is 0 Å². The minimum Gasteiger partial charge on any atom is -0.457 e. The first kappa shape index (κ1) is 19.8. The fourth-order valence-corrected chi connectivity index (χ4v) is 2.15. The minimum absolute atomic E-state index is 0.0710. The Morgan fingerprint density at radius 3 is 2.22 bits per heavy atom. The number of rotatable bonds is 8. The highest BCUT2D eigenvalue weighted by Crippen LogP contribution is 2.13.